The molecule has 1 aliphatic rings. The van der Waals surface area contributed by atoms with Crippen LogP contribution in [0.3, 0.4) is 0 Å². The van der Waals surface area contributed by atoms with Crippen LogP contribution in [0.2, 0.25) is 0 Å². The molecule has 0 aromatic heterocycles. The fraction of sp³-hybridized carbons (Fsp3) is 0.364. The summed E-state index contributed by atoms with van der Waals surface area (Å²) in [4.78, 5) is 0. The first-order valence-electron chi connectivity index (χ1n) is 4.46. The van der Waals surface area contributed by atoms with Gasteiger partial charge in [0.15, 0.2) is 0 Å². The van der Waals surface area contributed by atoms with Gasteiger partial charge in [-0.2, -0.15) is 5.26 Å². The molecular weight excluding hydrogens is 162 g/mol. The molecule has 13 heavy (non-hydrogen) atoms. The van der Waals surface area contributed by atoms with Gasteiger partial charge >= 0.3 is 0 Å². The Labute approximate surface area is 77.8 Å². The topological polar surface area (TPSA) is 36.3 Å². The van der Waals surface area contributed by atoms with E-state index in [2.05, 4.69) is 6.07 Å². The standard InChI is InChI=1S/C11H11NO/c12-7-10(6-11-8-13-11)9-4-2-1-3-5-9/h1-5,10-11H,6,8H2/t10-,11+/m0/s1. The van der Waals surface area contributed by atoms with Crippen LogP contribution in [0.4, 0.5) is 0 Å². The molecule has 1 fully saturated rings. The highest BCUT2D eigenvalue weighted by molar-refractivity contribution is 5.24. The third-order valence-corrected chi connectivity index (χ3v) is 2.26. The molecule has 2 atom stereocenters. The Hall–Kier alpha value is -1.33. The average molecular weight is 173 g/mol. The minimum Gasteiger partial charge on any atom is -0.373 e. The molecule has 1 saturated heterocycles. The number of nitrogens with zero attached hydrogens (tertiary/aromatic N) is 1. The van der Waals surface area contributed by atoms with Gasteiger partial charge in [0.2, 0.25) is 0 Å². The third-order valence-electron chi connectivity index (χ3n) is 2.26. The van der Waals surface area contributed by atoms with Gasteiger partial charge in [0, 0.05) is 0 Å². The van der Waals surface area contributed by atoms with Crippen LogP contribution in [0.15, 0.2) is 30.3 Å². The van der Waals surface area contributed by atoms with E-state index in [0.717, 1.165) is 18.6 Å². The largest absolute Gasteiger partial charge is 0.373 e. The number of hydrogen-bond donors (Lipinski definition) is 0. The van der Waals surface area contributed by atoms with Crippen LogP contribution >= 0.6 is 0 Å². The Kier molecular flexibility index (Phi) is 2.29. The van der Waals surface area contributed by atoms with Crippen LogP contribution in [0.1, 0.15) is 17.9 Å². The van der Waals surface area contributed by atoms with Crippen molar-refractivity contribution in [3.63, 3.8) is 0 Å². The van der Waals surface area contributed by atoms with E-state index in [0.29, 0.717) is 6.10 Å². The highest BCUT2D eigenvalue weighted by Gasteiger charge is 2.27. The van der Waals surface area contributed by atoms with Crippen LogP contribution in [0.5, 0.6) is 0 Å². The molecule has 0 unspecified atom stereocenters. The second-order valence-electron chi connectivity index (χ2n) is 3.28. The van der Waals surface area contributed by atoms with Crippen molar-refractivity contribution in [2.45, 2.75) is 18.4 Å². The van der Waals surface area contributed by atoms with Crippen molar-refractivity contribution >= 4 is 0 Å². The molecule has 1 heterocycles. The lowest BCUT2D eigenvalue weighted by atomic mass is 9.96. The van der Waals surface area contributed by atoms with Gasteiger partial charge in [0.25, 0.3) is 0 Å². The van der Waals surface area contributed by atoms with Gasteiger partial charge in [-0.1, -0.05) is 30.3 Å². The van der Waals surface area contributed by atoms with Gasteiger partial charge in [-0.3, -0.25) is 0 Å². The summed E-state index contributed by atoms with van der Waals surface area (Å²) in [7, 11) is 0. The summed E-state index contributed by atoms with van der Waals surface area (Å²) in [6, 6.07) is 12.2. The first kappa shape index (κ1) is 8.28. The molecule has 1 aromatic carbocycles. The van der Waals surface area contributed by atoms with Crippen LogP contribution < -0.4 is 0 Å². The molecule has 2 nitrogen and oxygen atoms in total. The summed E-state index contributed by atoms with van der Waals surface area (Å²) in [5.74, 6) is -0.00583. The van der Waals surface area contributed by atoms with Crippen LogP contribution in [0, 0.1) is 11.3 Å². The summed E-state index contributed by atoms with van der Waals surface area (Å²) in [5, 5.41) is 8.95. The second-order valence-corrected chi connectivity index (χ2v) is 3.28. The number of benzene rings is 1. The predicted molar refractivity (Wildman–Crippen MR) is 49.2 cm³/mol. The Bertz CT molecular complexity index is 311. The zero-order chi connectivity index (χ0) is 9.10. The van der Waals surface area contributed by atoms with E-state index in [1.54, 1.807) is 0 Å². The molecule has 66 valence electrons. The van der Waals surface area contributed by atoms with Gasteiger partial charge in [0.05, 0.1) is 24.7 Å². The van der Waals surface area contributed by atoms with E-state index in [9.17, 15) is 0 Å². The smallest absolute Gasteiger partial charge is 0.0825 e. The fourth-order valence-electron chi connectivity index (χ4n) is 1.42. The predicted octanol–water partition coefficient (Wildman–Crippen LogP) is 2.08. The lowest BCUT2D eigenvalue weighted by Gasteiger charge is -2.06. The van der Waals surface area contributed by atoms with Gasteiger partial charge < -0.3 is 4.74 Å². The van der Waals surface area contributed by atoms with E-state index in [-0.39, 0.29) is 5.92 Å². The Balaban J connectivity index is 2.08. The molecule has 0 aliphatic carbocycles. The highest BCUT2D eigenvalue weighted by Crippen LogP contribution is 2.26. The van der Waals surface area contributed by atoms with Crippen LogP contribution in [-0.4, -0.2) is 12.7 Å². The van der Waals surface area contributed by atoms with Crippen molar-refractivity contribution < 1.29 is 4.74 Å². The van der Waals surface area contributed by atoms with Crippen molar-refractivity contribution in [3.05, 3.63) is 35.9 Å². The number of hydrogen-bond acceptors (Lipinski definition) is 2. The summed E-state index contributed by atoms with van der Waals surface area (Å²) in [5.41, 5.74) is 1.10. The van der Waals surface area contributed by atoms with E-state index in [1.165, 1.54) is 0 Å². The number of epoxide rings is 1. The zero-order valence-electron chi connectivity index (χ0n) is 7.31. The molecule has 0 spiro atoms. The summed E-state index contributed by atoms with van der Waals surface area (Å²) < 4.78 is 5.11. The number of nitriles is 1. The third kappa shape index (κ3) is 2.07. The summed E-state index contributed by atoms with van der Waals surface area (Å²) in [6.07, 6.45) is 1.16. The van der Waals surface area contributed by atoms with Gasteiger partial charge in [-0.15, -0.1) is 0 Å². The molecule has 2 rings (SSSR count). The van der Waals surface area contributed by atoms with E-state index >= 15 is 0 Å². The molecule has 0 N–H and O–H groups in total. The van der Waals surface area contributed by atoms with E-state index in [4.69, 9.17) is 10.00 Å². The average Bonchev–Trinajstić information content (AvgIpc) is 2.99. The van der Waals surface area contributed by atoms with Crippen LogP contribution in [0.25, 0.3) is 0 Å². The van der Waals surface area contributed by atoms with Crippen molar-refractivity contribution in [1.82, 2.24) is 0 Å². The maximum atomic E-state index is 8.95. The molecule has 0 radical (unpaired) electrons. The van der Waals surface area contributed by atoms with E-state index in [1.807, 2.05) is 30.3 Å². The zero-order valence-corrected chi connectivity index (χ0v) is 7.31. The fourth-order valence-corrected chi connectivity index (χ4v) is 1.42. The summed E-state index contributed by atoms with van der Waals surface area (Å²) >= 11 is 0. The minimum atomic E-state index is -0.00583. The monoisotopic (exact) mass is 173 g/mol. The van der Waals surface area contributed by atoms with Gasteiger partial charge in [0.1, 0.15) is 0 Å². The minimum absolute atomic E-state index is 0.00583. The maximum absolute atomic E-state index is 8.95. The molecule has 2 heteroatoms. The number of rotatable bonds is 3. The lowest BCUT2D eigenvalue weighted by Crippen LogP contribution is -1.99. The SMILES string of the molecule is N#C[C@H](C[C@@H]1CO1)c1ccccc1. The molecular formula is C11H11NO. The van der Waals surface area contributed by atoms with Gasteiger partial charge in [-0.05, 0) is 12.0 Å². The normalized spacial score (nSPS) is 21.9. The molecule has 0 saturated carbocycles. The summed E-state index contributed by atoms with van der Waals surface area (Å²) in [6.45, 7) is 0.824. The Morgan fingerprint density at radius 2 is 2.15 bits per heavy atom. The Morgan fingerprint density at radius 1 is 1.46 bits per heavy atom. The lowest BCUT2D eigenvalue weighted by molar-refractivity contribution is 0.391. The molecule has 0 bridgehead atoms. The van der Waals surface area contributed by atoms with Gasteiger partial charge in [-0.25, -0.2) is 0 Å². The molecule has 1 aromatic rings. The Morgan fingerprint density at radius 3 is 2.69 bits per heavy atom. The number of ether oxygens (including phenoxy) is 1. The first-order valence-corrected chi connectivity index (χ1v) is 4.46. The van der Waals surface area contributed by atoms with Crippen LogP contribution in [-0.2, 0) is 4.74 Å². The second kappa shape index (κ2) is 3.59. The molecule has 1 aliphatic heterocycles. The van der Waals surface area contributed by atoms with Crippen molar-refractivity contribution in [1.29, 1.82) is 5.26 Å². The molecule has 0 amide bonds. The van der Waals surface area contributed by atoms with Crippen molar-refractivity contribution in [2.24, 2.45) is 0 Å². The van der Waals surface area contributed by atoms with E-state index < -0.39 is 0 Å². The maximum Gasteiger partial charge on any atom is 0.0825 e. The quantitative estimate of drug-likeness (QED) is 0.656. The highest BCUT2D eigenvalue weighted by atomic mass is 16.6. The van der Waals surface area contributed by atoms with Crippen molar-refractivity contribution in [2.75, 3.05) is 6.61 Å². The first-order chi connectivity index (χ1) is 6.40. The van der Waals surface area contributed by atoms with Crippen molar-refractivity contribution in [3.8, 4) is 6.07 Å².